The third-order valence-corrected chi connectivity index (χ3v) is 7.27. The van der Waals surface area contributed by atoms with Crippen molar-refractivity contribution in [1.29, 1.82) is 0 Å². The van der Waals surface area contributed by atoms with Gasteiger partial charge in [-0.2, -0.15) is 0 Å². The Morgan fingerprint density at radius 1 is 1.23 bits per heavy atom. The molecule has 2 aromatic heterocycles. The first kappa shape index (κ1) is 22.1. The lowest BCUT2D eigenvalue weighted by molar-refractivity contribution is -0.123. The molecule has 2 fully saturated rings. The van der Waals surface area contributed by atoms with Crippen molar-refractivity contribution in [2.75, 3.05) is 5.32 Å². The van der Waals surface area contributed by atoms with Gasteiger partial charge >= 0.3 is 0 Å². The minimum Gasteiger partial charge on any atom is -0.379 e. The highest BCUT2D eigenvalue weighted by atomic mass is 35.5. The minimum absolute atomic E-state index is 0.0369. The molecule has 0 bridgehead atoms. The fraction of sp³-hybridized carbons (Fsp3) is 0.522. The second kappa shape index (κ2) is 10.0. The Bertz CT molecular complexity index is 937. The molecule has 6 nitrogen and oxygen atoms in total. The lowest BCUT2D eigenvalue weighted by Gasteiger charge is -2.21. The summed E-state index contributed by atoms with van der Waals surface area (Å²) >= 11 is 7.46. The second-order valence-electron chi connectivity index (χ2n) is 8.60. The van der Waals surface area contributed by atoms with Crippen molar-refractivity contribution in [3.05, 3.63) is 44.9 Å². The maximum Gasteiger partial charge on any atom is 0.262 e. The molecule has 0 radical (unpaired) electrons. The topological polar surface area (TPSA) is 83.1 Å². The van der Waals surface area contributed by atoms with Gasteiger partial charge in [0.25, 0.3) is 5.91 Å². The van der Waals surface area contributed by atoms with Crippen LogP contribution in [0.25, 0.3) is 0 Å². The van der Waals surface area contributed by atoms with E-state index in [1.54, 1.807) is 6.20 Å². The number of pyridine rings is 1. The van der Waals surface area contributed by atoms with Crippen LogP contribution in [0, 0.1) is 12.8 Å². The number of carbonyl (C=O) groups excluding carboxylic acids is 2. The number of carbonyl (C=O) groups is 2. The van der Waals surface area contributed by atoms with Gasteiger partial charge in [0, 0.05) is 23.7 Å². The molecule has 1 atom stereocenters. The highest BCUT2D eigenvalue weighted by Gasteiger charge is 2.31. The number of thiophene rings is 1. The van der Waals surface area contributed by atoms with E-state index >= 15 is 0 Å². The number of hydrogen-bond donors (Lipinski definition) is 3. The maximum atomic E-state index is 12.9. The maximum absolute atomic E-state index is 12.9. The lowest BCUT2D eigenvalue weighted by Crippen LogP contribution is -2.48. The number of nitrogens with one attached hydrogen (secondary N) is 3. The van der Waals surface area contributed by atoms with Crippen molar-refractivity contribution >= 4 is 40.4 Å². The summed E-state index contributed by atoms with van der Waals surface area (Å²) in [5.41, 5.74) is 1.75. The Morgan fingerprint density at radius 2 is 2.00 bits per heavy atom. The van der Waals surface area contributed by atoms with Crippen molar-refractivity contribution in [1.82, 2.24) is 15.6 Å². The number of aromatic nitrogens is 1. The molecule has 2 aliphatic carbocycles. The molecule has 166 valence electrons. The third kappa shape index (κ3) is 6.20. The third-order valence-electron chi connectivity index (χ3n) is 5.98. The van der Waals surface area contributed by atoms with Crippen LogP contribution in [0.15, 0.2) is 24.4 Å². The van der Waals surface area contributed by atoms with E-state index < -0.39 is 6.04 Å². The molecule has 0 spiro atoms. The molecular weight excluding hydrogens is 432 g/mol. The van der Waals surface area contributed by atoms with E-state index in [4.69, 9.17) is 11.6 Å². The zero-order valence-corrected chi connectivity index (χ0v) is 19.3. The van der Waals surface area contributed by atoms with Crippen molar-refractivity contribution < 1.29 is 9.59 Å². The molecule has 2 saturated carbocycles. The van der Waals surface area contributed by atoms with E-state index in [2.05, 4.69) is 20.9 Å². The number of aryl methyl sites for hydroxylation is 1. The predicted molar refractivity (Wildman–Crippen MR) is 125 cm³/mol. The molecule has 3 N–H and O–H groups in total. The molecule has 31 heavy (non-hydrogen) atoms. The fourth-order valence-corrected chi connectivity index (χ4v) is 5.04. The van der Waals surface area contributed by atoms with Crippen LogP contribution in [-0.4, -0.2) is 28.9 Å². The molecule has 2 aromatic rings. The second-order valence-corrected chi connectivity index (χ2v) is 10.2. The van der Waals surface area contributed by atoms with Crippen molar-refractivity contribution in [2.24, 2.45) is 5.92 Å². The smallest absolute Gasteiger partial charge is 0.262 e. The van der Waals surface area contributed by atoms with Crippen LogP contribution in [0.1, 0.15) is 65.2 Å². The van der Waals surface area contributed by atoms with Gasteiger partial charge in [0.1, 0.15) is 6.04 Å². The Balaban J connectivity index is 1.36. The number of anilines is 1. The molecule has 0 unspecified atom stereocenters. The standard InChI is InChI=1S/C23H29ClN4O2S/c1-14-19(11-16(24)12-25-14)26-13-18-8-9-21(31-18)23(30)28-20(10-15-4-2-3-5-15)22(29)27-17-6-7-17/h8-9,11-12,15,17,20,26H,2-7,10,13H2,1H3,(H,27,29)(H,28,30)/t20-/m0/s1. The summed E-state index contributed by atoms with van der Waals surface area (Å²) < 4.78 is 0. The van der Waals surface area contributed by atoms with Gasteiger partial charge in [-0.15, -0.1) is 11.3 Å². The summed E-state index contributed by atoms with van der Waals surface area (Å²) in [4.78, 5) is 31.5. The summed E-state index contributed by atoms with van der Waals surface area (Å²) in [7, 11) is 0. The van der Waals surface area contributed by atoms with Crippen molar-refractivity contribution in [2.45, 2.75) is 70.5 Å². The van der Waals surface area contributed by atoms with Crippen LogP contribution < -0.4 is 16.0 Å². The number of amides is 2. The highest BCUT2D eigenvalue weighted by Crippen LogP contribution is 2.29. The van der Waals surface area contributed by atoms with Gasteiger partial charge in [0.05, 0.1) is 21.3 Å². The van der Waals surface area contributed by atoms with E-state index in [0.717, 1.165) is 48.4 Å². The molecule has 0 saturated heterocycles. The minimum atomic E-state index is -0.458. The number of rotatable bonds is 9. The average Bonchev–Trinajstić information content (AvgIpc) is 3.21. The Morgan fingerprint density at radius 3 is 2.74 bits per heavy atom. The monoisotopic (exact) mass is 460 g/mol. The molecule has 2 heterocycles. The first-order chi connectivity index (χ1) is 15.0. The Kier molecular flexibility index (Phi) is 7.13. The van der Waals surface area contributed by atoms with E-state index in [1.165, 1.54) is 24.2 Å². The van der Waals surface area contributed by atoms with Gasteiger partial charge in [-0.1, -0.05) is 37.3 Å². The molecule has 8 heteroatoms. The summed E-state index contributed by atoms with van der Waals surface area (Å²) in [6.45, 7) is 2.50. The van der Waals surface area contributed by atoms with Gasteiger partial charge in [0.15, 0.2) is 0 Å². The van der Waals surface area contributed by atoms with Crippen LogP contribution in [0.4, 0.5) is 5.69 Å². The SMILES string of the molecule is Cc1ncc(Cl)cc1NCc1ccc(C(=O)N[C@@H](CC2CCCC2)C(=O)NC2CC2)s1. The molecular formula is C23H29ClN4O2S. The van der Waals surface area contributed by atoms with Crippen LogP contribution >= 0.6 is 22.9 Å². The van der Waals surface area contributed by atoms with Crippen LogP contribution in [0.5, 0.6) is 0 Å². The Hall–Kier alpha value is -2.12. The van der Waals surface area contributed by atoms with E-state index in [9.17, 15) is 9.59 Å². The largest absolute Gasteiger partial charge is 0.379 e. The summed E-state index contributed by atoms with van der Waals surface area (Å²) in [6.07, 6.45) is 9.17. The van der Waals surface area contributed by atoms with Gasteiger partial charge in [-0.05, 0) is 50.3 Å². The van der Waals surface area contributed by atoms with E-state index in [1.807, 2.05) is 25.1 Å². The summed E-state index contributed by atoms with van der Waals surface area (Å²) in [6, 6.07) is 5.44. The first-order valence-electron chi connectivity index (χ1n) is 11.0. The molecule has 0 aliphatic heterocycles. The normalized spacial score (nSPS) is 17.4. The van der Waals surface area contributed by atoms with E-state index in [-0.39, 0.29) is 11.8 Å². The predicted octanol–water partition coefficient (Wildman–Crippen LogP) is 4.67. The summed E-state index contributed by atoms with van der Waals surface area (Å²) in [5.74, 6) is 0.309. The van der Waals surface area contributed by atoms with Crippen LogP contribution in [-0.2, 0) is 11.3 Å². The average molecular weight is 461 g/mol. The number of hydrogen-bond acceptors (Lipinski definition) is 5. The van der Waals surface area contributed by atoms with Gasteiger partial charge in [0.2, 0.25) is 5.91 Å². The molecule has 2 aliphatic rings. The van der Waals surface area contributed by atoms with Crippen molar-refractivity contribution in [3.63, 3.8) is 0 Å². The van der Waals surface area contributed by atoms with Gasteiger partial charge < -0.3 is 16.0 Å². The van der Waals surface area contributed by atoms with Crippen molar-refractivity contribution in [3.8, 4) is 0 Å². The van der Waals surface area contributed by atoms with Crippen LogP contribution in [0.3, 0.4) is 0 Å². The summed E-state index contributed by atoms with van der Waals surface area (Å²) in [5, 5.41) is 9.98. The lowest BCUT2D eigenvalue weighted by atomic mass is 9.97. The highest BCUT2D eigenvalue weighted by molar-refractivity contribution is 7.14. The number of halogens is 1. The quantitative estimate of drug-likeness (QED) is 0.507. The molecule has 0 aromatic carbocycles. The molecule has 4 rings (SSSR count). The van der Waals surface area contributed by atoms with Crippen LogP contribution in [0.2, 0.25) is 5.02 Å². The first-order valence-corrected chi connectivity index (χ1v) is 12.2. The fourth-order valence-electron chi connectivity index (χ4n) is 4.03. The van der Waals surface area contributed by atoms with E-state index in [0.29, 0.717) is 28.4 Å². The zero-order valence-electron chi connectivity index (χ0n) is 17.7. The molecule has 2 amide bonds. The number of nitrogens with zero attached hydrogens (tertiary/aromatic N) is 1. The Labute approximate surface area is 192 Å². The zero-order chi connectivity index (χ0) is 21.8. The van der Waals surface area contributed by atoms with Gasteiger partial charge in [-0.3, -0.25) is 14.6 Å². The van der Waals surface area contributed by atoms with Gasteiger partial charge in [-0.25, -0.2) is 0 Å².